The normalized spacial score (nSPS) is 16.0. The van der Waals surface area contributed by atoms with Gasteiger partial charge in [-0.15, -0.1) is 0 Å². The Morgan fingerprint density at radius 1 is 0.457 bits per heavy atom. The number of hydrogen-bond acceptors (Lipinski definition) is 2. The van der Waals surface area contributed by atoms with E-state index in [-0.39, 0.29) is 5.41 Å². The van der Waals surface area contributed by atoms with Crippen LogP contribution in [-0.2, 0) is 5.41 Å². The third-order valence-corrected chi connectivity index (χ3v) is 10.3. The maximum atomic E-state index is 6.09. The van der Waals surface area contributed by atoms with Crippen LogP contribution in [0.3, 0.4) is 0 Å². The zero-order valence-corrected chi connectivity index (χ0v) is 25.4. The molecule has 2 nitrogen and oxygen atoms in total. The zero-order chi connectivity index (χ0) is 30.4. The highest BCUT2D eigenvalue weighted by molar-refractivity contribution is 6.06. The Kier molecular flexibility index (Phi) is 5.16. The molecule has 0 spiro atoms. The first-order valence-corrected chi connectivity index (χ1v) is 15.9. The molecule has 0 N–H and O–H groups in total. The Bertz CT molecular complexity index is 2490. The number of nitrogens with zero attached hydrogens (tertiary/aromatic N) is 1. The van der Waals surface area contributed by atoms with Gasteiger partial charge in [0.1, 0.15) is 11.2 Å². The van der Waals surface area contributed by atoms with Crippen molar-refractivity contribution in [3.63, 3.8) is 0 Å². The Morgan fingerprint density at radius 3 is 2.02 bits per heavy atom. The van der Waals surface area contributed by atoms with Crippen molar-refractivity contribution in [2.24, 2.45) is 0 Å². The van der Waals surface area contributed by atoms with Crippen molar-refractivity contribution in [1.82, 2.24) is 0 Å². The molecule has 0 amide bonds. The van der Waals surface area contributed by atoms with Gasteiger partial charge in [0.05, 0.1) is 11.4 Å². The summed E-state index contributed by atoms with van der Waals surface area (Å²) in [7, 11) is 0. The average Bonchev–Trinajstić information content (AvgIpc) is 3.63. The summed E-state index contributed by atoms with van der Waals surface area (Å²) in [6.07, 6.45) is 0. The molecule has 1 aliphatic heterocycles. The van der Waals surface area contributed by atoms with Gasteiger partial charge in [-0.3, -0.25) is 0 Å². The Morgan fingerprint density at radius 2 is 1.13 bits per heavy atom. The molecule has 0 fully saturated rings. The minimum absolute atomic E-state index is 0.262. The van der Waals surface area contributed by atoms with Crippen LogP contribution in [0.1, 0.15) is 23.6 Å². The molecule has 216 valence electrons. The summed E-state index contributed by atoms with van der Waals surface area (Å²) in [5, 5.41) is 2.30. The molecule has 10 rings (SSSR count). The minimum atomic E-state index is -0.262. The van der Waals surface area contributed by atoms with E-state index in [1.807, 2.05) is 12.1 Å². The fourth-order valence-corrected chi connectivity index (χ4v) is 8.10. The van der Waals surface area contributed by atoms with Crippen LogP contribution in [-0.4, -0.2) is 0 Å². The van der Waals surface area contributed by atoms with E-state index in [4.69, 9.17) is 4.42 Å². The number of hydrogen-bond donors (Lipinski definition) is 0. The van der Waals surface area contributed by atoms with Crippen LogP contribution in [0.4, 0.5) is 17.1 Å². The smallest absolute Gasteiger partial charge is 0.135 e. The molecule has 1 unspecified atom stereocenters. The van der Waals surface area contributed by atoms with Crippen LogP contribution in [0, 0.1) is 0 Å². The van der Waals surface area contributed by atoms with Gasteiger partial charge in [-0.05, 0) is 106 Å². The van der Waals surface area contributed by atoms with Crippen LogP contribution in [0.25, 0.3) is 55.3 Å². The zero-order valence-electron chi connectivity index (χ0n) is 25.4. The summed E-state index contributed by atoms with van der Waals surface area (Å²) in [5.41, 5.74) is 16.8. The first-order chi connectivity index (χ1) is 22.7. The average molecular weight is 588 g/mol. The highest BCUT2D eigenvalue weighted by atomic mass is 16.3. The van der Waals surface area contributed by atoms with Gasteiger partial charge < -0.3 is 9.32 Å². The SMILES string of the molecule is CC12c3ccccc3-c3cccc(c31)N(c1ccc(-c3ccc4oc5ccccc5c4c3)cc1)c1ccc(-c3ccccc3)cc12. The molecule has 0 bridgehead atoms. The van der Waals surface area contributed by atoms with Crippen molar-refractivity contribution in [2.75, 3.05) is 4.90 Å². The summed E-state index contributed by atoms with van der Waals surface area (Å²) < 4.78 is 6.09. The molecule has 1 aromatic heterocycles. The summed E-state index contributed by atoms with van der Waals surface area (Å²) in [5.74, 6) is 0. The lowest BCUT2D eigenvalue weighted by Gasteiger charge is -2.42. The lowest BCUT2D eigenvalue weighted by atomic mass is 9.70. The van der Waals surface area contributed by atoms with E-state index >= 15 is 0 Å². The third kappa shape index (κ3) is 3.41. The van der Waals surface area contributed by atoms with E-state index in [0.717, 1.165) is 27.6 Å². The summed E-state index contributed by atoms with van der Waals surface area (Å²) in [6.45, 7) is 2.42. The van der Waals surface area contributed by atoms with E-state index in [2.05, 4.69) is 157 Å². The van der Waals surface area contributed by atoms with Crippen molar-refractivity contribution in [3.8, 4) is 33.4 Å². The monoisotopic (exact) mass is 587 g/mol. The fraction of sp³-hybridized carbons (Fsp3) is 0.0455. The van der Waals surface area contributed by atoms with Gasteiger partial charge in [-0.1, -0.05) is 109 Å². The number of furan rings is 1. The van der Waals surface area contributed by atoms with Crippen LogP contribution in [0.5, 0.6) is 0 Å². The van der Waals surface area contributed by atoms with Crippen LogP contribution >= 0.6 is 0 Å². The fourth-order valence-electron chi connectivity index (χ4n) is 8.10. The minimum Gasteiger partial charge on any atom is -0.456 e. The van der Waals surface area contributed by atoms with E-state index in [0.29, 0.717) is 0 Å². The topological polar surface area (TPSA) is 16.4 Å². The molecule has 46 heavy (non-hydrogen) atoms. The standard InChI is InChI=1S/C44H29NO/c1-44-37-15-7-5-12-33(37)35-14-9-16-40(43(35)44)45(39-24-20-31(27-38(39)44)28-10-3-2-4-11-28)32-22-18-29(19-23-32)30-21-25-42-36(26-30)34-13-6-8-17-41(34)46-42/h2-27H,1H3. The van der Waals surface area contributed by atoms with Gasteiger partial charge >= 0.3 is 0 Å². The predicted octanol–water partition coefficient (Wildman–Crippen LogP) is 12.0. The Balaban J connectivity index is 1.15. The lowest BCUT2D eigenvalue weighted by Crippen LogP contribution is -2.32. The molecular formula is C44H29NO. The number of fused-ring (bicyclic) bond motifs is 8. The van der Waals surface area contributed by atoms with E-state index in [1.165, 1.54) is 61.4 Å². The second kappa shape index (κ2) is 9.32. The van der Waals surface area contributed by atoms with Crippen molar-refractivity contribution < 1.29 is 4.42 Å². The van der Waals surface area contributed by atoms with Gasteiger partial charge in [0.25, 0.3) is 0 Å². The Labute approximate surface area is 267 Å². The van der Waals surface area contributed by atoms with Gasteiger partial charge in [0.15, 0.2) is 0 Å². The summed E-state index contributed by atoms with van der Waals surface area (Å²) >= 11 is 0. The van der Waals surface area contributed by atoms with Gasteiger partial charge in [0, 0.05) is 21.9 Å². The van der Waals surface area contributed by atoms with Crippen LogP contribution < -0.4 is 4.90 Å². The molecular weight excluding hydrogens is 558 g/mol. The highest BCUT2D eigenvalue weighted by Crippen LogP contribution is 2.62. The summed E-state index contributed by atoms with van der Waals surface area (Å²) in [4.78, 5) is 2.47. The Hall–Kier alpha value is -5.86. The van der Waals surface area contributed by atoms with Crippen LogP contribution in [0.15, 0.2) is 162 Å². The molecule has 1 atom stereocenters. The molecule has 0 saturated heterocycles. The van der Waals surface area contributed by atoms with Crippen molar-refractivity contribution in [2.45, 2.75) is 12.3 Å². The molecule has 1 aliphatic carbocycles. The van der Waals surface area contributed by atoms with Crippen LogP contribution in [0.2, 0.25) is 0 Å². The van der Waals surface area contributed by atoms with Gasteiger partial charge in [0.2, 0.25) is 0 Å². The number of benzene rings is 7. The molecule has 2 heteroatoms. The van der Waals surface area contributed by atoms with Crippen molar-refractivity contribution in [3.05, 3.63) is 174 Å². The van der Waals surface area contributed by atoms with E-state index < -0.39 is 0 Å². The number of anilines is 3. The molecule has 0 saturated carbocycles. The molecule has 2 heterocycles. The third-order valence-electron chi connectivity index (χ3n) is 10.3. The van der Waals surface area contributed by atoms with E-state index in [9.17, 15) is 0 Å². The predicted molar refractivity (Wildman–Crippen MR) is 190 cm³/mol. The van der Waals surface area contributed by atoms with Gasteiger partial charge in [-0.2, -0.15) is 0 Å². The van der Waals surface area contributed by atoms with Crippen molar-refractivity contribution >= 4 is 39.0 Å². The maximum absolute atomic E-state index is 6.09. The van der Waals surface area contributed by atoms with E-state index in [1.54, 1.807) is 0 Å². The summed E-state index contributed by atoms with van der Waals surface area (Å²) in [6, 6.07) is 57.3. The quantitative estimate of drug-likeness (QED) is 0.204. The highest BCUT2D eigenvalue weighted by Gasteiger charge is 2.48. The molecule has 0 radical (unpaired) electrons. The largest absolute Gasteiger partial charge is 0.456 e. The number of para-hydroxylation sites is 1. The lowest BCUT2D eigenvalue weighted by molar-refractivity contribution is 0.669. The molecule has 2 aliphatic rings. The molecule has 8 aromatic rings. The van der Waals surface area contributed by atoms with Gasteiger partial charge in [-0.25, -0.2) is 0 Å². The maximum Gasteiger partial charge on any atom is 0.135 e. The second-order valence-electron chi connectivity index (χ2n) is 12.7. The molecule has 7 aromatic carbocycles. The second-order valence-corrected chi connectivity index (χ2v) is 12.7. The van der Waals surface area contributed by atoms with Crippen molar-refractivity contribution in [1.29, 1.82) is 0 Å². The first kappa shape index (κ1) is 25.5. The first-order valence-electron chi connectivity index (χ1n) is 15.9. The number of rotatable bonds is 3.